The van der Waals surface area contributed by atoms with E-state index in [1.165, 1.54) is 12.8 Å². The van der Waals surface area contributed by atoms with Crippen molar-refractivity contribution in [1.29, 1.82) is 0 Å². The molecule has 3 nitrogen and oxygen atoms in total. The first-order valence-corrected chi connectivity index (χ1v) is 5.33. The van der Waals surface area contributed by atoms with E-state index in [0.717, 1.165) is 39.0 Å². The van der Waals surface area contributed by atoms with E-state index < -0.39 is 5.60 Å². The zero-order valence-corrected chi connectivity index (χ0v) is 8.09. The third-order valence-corrected chi connectivity index (χ3v) is 3.10. The Bertz CT molecular complexity index is 162. The maximum absolute atomic E-state index is 9.78. The van der Waals surface area contributed by atoms with Gasteiger partial charge in [-0.3, -0.25) is 0 Å². The number of ether oxygens (including phenoxy) is 1. The van der Waals surface area contributed by atoms with Crippen LogP contribution in [0.1, 0.15) is 32.1 Å². The molecule has 0 aromatic rings. The van der Waals surface area contributed by atoms with Crippen LogP contribution in [0.4, 0.5) is 0 Å². The summed E-state index contributed by atoms with van der Waals surface area (Å²) in [5.41, 5.74) is -0.390. The van der Waals surface area contributed by atoms with Crippen LogP contribution in [0.25, 0.3) is 0 Å². The minimum Gasteiger partial charge on any atom is -0.387 e. The van der Waals surface area contributed by atoms with Crippen molar-refractivity contribution in [2.45, 2.75) is 43.8 Å². The van der Waals surface area contributed by atoms with E-state index in [9.17, 15) is 5.11 Å². The van der Waals surface area contributed by atoms with Crippen molar-refractivity contribution in [1.82, 2.24) is 5.32 Å². The minimum absolute atomic E-state index is 0.390. The Balaban J connectivity index is 1.57. The largest absolute Gasteiger partial charge is 0.387 e. The van der Waals surface area contributed by atoms with Gasteiger partial charge in [-0.1, -0.05) is 0 Å². The first kappa shape index (κ1) is 9.44. The summed E-state index contributed by atoms with van der Waals surface area (Å²) >= 11 is 0. The van der Waals surface area contributed by atoms with Crippen molar-refractivity contribution >= 4 is 0 Å². The average Bonchev–Trinajstić information content (AvgIpc) is 2.54. The fourth-order valence-electron chi connectivity index (χ4n) is 2.12. The first-order valence-electron chi connectivity index (χ1n) is 5.33. The lowest BCUT2D eigenvalue weighted by atomic mass is 9.90. The van der Waals surface area contributed by atoms with Gasteiger partial charge in [-0.05, 0) is 32.1 Å². The Morgan fingerprint density at radius 2 is 2.31 bits per heavy atom. The average molecular weight is 185 g/mol. The van der Waals surface area contributed by atoms with Crippen molar-refractivity contribution in [3.05, 3.63) is 0 Å². The van der Waals surface area contributed by atoms with Gasteiger partial charge in [0.2, 0.25) is 0 Å². The van der Waals surface area contributed by atoms with Crippen LogP contribution in [0.5, 0.6) is 0 Å². The van der Waals surface area contributed by atoms with Crippen LogP contribution in [0.2, 0.25) is 0 Å². The summed E-state index contributed by atoms with van der Waals surface area (Å²) in [7, 11) is 0. The summed E-state index contributed by atoms with van der Waals surface area (Å²) < 4.78 is 5.52. The van der Waals surface area contributed by atoms with Crippen LogP contribution < -0.4 is 5.32 Å². The molecule has 2 N–H and O–H groups in total. The van der Waals surface area contributed by atoms with Crippen molar-refractivity contribution in [2.75, 3.05) is 19.7 Å². The third-order valence-electron chi connectivity index (χ3n) is 3.10. The predicted molar refractivity (Wildman–Crippen MR) is 50.6 cm³/mol. The maximum atomic E-state index is 9.78. The topological polar surface area (TPSA) is 41.5 Å². The van der Waals surface area contributed by atoms with Gasteiger partial charge in [-0.2, -0.15) is 0 Å². The smallest absolute Gasteiger partial charge is 0.0895 e. The summed E-state index contributed by atoms with van der Waals surface area (Å²) in [6.07, 6.45) is 6.08. The van der Waals surface area contributed by atoms with Crippen LogP contribution in [-0.2, 0) is 4.74 Å². The van der Waals surface area contributed by atoms with E-state index >= 15 is 0 Å². The minimum atomic E-state index is -0.390. The molecule has 3 heteroatoms. The lowest BCUT2D eigenvalue weighted by Gasteiger charge is -2.37. The summed E-state index contributed by atoms with van der Waals surface area (Å²) in [6, 6.07) is 0. The van der Waals surface area contributed by atoms with Crippen LogP contribution >= 0.6 is 0 Å². The highest BCUT2D eigenvalue weighted by Crippen LogP contribution is 2.22. The molecule has 0 aromatic heterocycles. The number of hydrogen-bond donors (Lipinski definition) is 2. The molecule has 2 aliphatic heterocycles. The van der Waals surface area contributed by atoms with E-state index in [4.69, 9.17) is 4.74 Å². The van der Waals surface area contributed by atoms with Gasteiger partial charge >= 0.3 is 0 Å². The molecule has 0 bridgehead atoms. The van der Waals surface area contributed by atoms with E-state index in [2.05, 4.69) is 5.32 Å². The lowest BCUT2D eigenvalue weighted by Crippen LogP contribution is -2.59. The summed E-state index contributed by atoms with van der Waals surface area (Å²) in [5.74, 6) is 0. The molecule has 0 saturated carbocycles. The summed E-state index contributed by atoms with van der Waals surface area (Å²) in [6.45, 7) is 2.49. The molecular formula is C10H19NO2. The second-order valence-corrected chi connectivity index (χ2v) is 4.36. The first-order chi connectivity index (χ1) is 6.29. The van der Waals surface area contributed by atoms with Gasteiger partial charge in [-0.25, -0.2) is 0 Å². The van der Waals surface area contributed by atoms with Gasteiger partial charge in [0.1, 0.15) is 0 Å². The van der Waals surface area contributed by atoms with E-state index in [0.29, 0.717) is 6.10 Å². The Labute approximate surface area is 79.5 Å². The molecule has 0 spiro atoms. The lowest BCUT2D eigenvalue weighted by molar-refractivity contribution is -0.0219. The normalized spacial score (nSPS) is 31.6. The number of rotatable bonds is 4. The second kappa shape index (κ2) is 3.95. The molecule has 2 aliphatic rings. The fraction of sp³-hybridized carbons (Fsp3) is 1.00. The summed E-state index contributed by atoms with van der Waals surface area (Å²) in [5, 5.41) is 12.9. The number of aliphatic hydroxyl groups is 1. The van der Waals surface area contributed by atoms with Crippen molar-refractivity contribution in [3.63, 3.8) is 0 Å². The van der Waals surface area contributed by atoms with Crippen LogP contribution in [-0.4, -0.2) is 36.5 Å². The molecule has 76 valence electrons. The zero-order chi connectivity index (χ0) is 9.15. The highest BCUT2D eigenvalue weighted by atomic mass is 16.5. The molecule has 2 fully saturated rings. The maximum Gasteiger partial charge on any atom is 0.0895 e. The van der Waals surface area contributed by atoms with Gasteiger partial charge in [0.25, 0.3) is 0 Å². The van der Waals surface area contributed by atoms with E-state index in [1.807, 2.05) is 0 Å². The molecule has 2 saturated heterocycles. The summed E-state index contributed by atoms with van der Waals surface area (Å²) in [4.78, 5) is 0. The van der Waals surface area contributed by atoms with Gasteiger partial charge in [0.05, 0.1) is 11.7 Å². The molecule has 0 aromatic carbocycles. The van der Waals surface area contributed by atoms with Gasteiger partial charge in [0, 0.05) is 19.7 Å². The van der Waals surface area contributed by atoms with E-state index in [-0.39, 0.29) is 0 Å². The molecule has 2 heterocycles. The Morgan fingerprint density at radius 1 is 1.46 bits per heavy atom. The van der Waals surface area contributed by atoms with Crippen LogP contribution in [0.15, 0.2) is 0 Å². The zero-order valence-electron chi connectivity index (χ0n) is 8.09. The molecule has 1 unspecified atom stereocenters. The number of nitrogens with one attached hydrogen (secondary N) is 1. The second-order valence-electron chi connectivity index (χ2n) is 4.36. The molecule has 1 atom stereocenters. The molecule has 2 rings (SSSR count). The van der Waals surface area contributed by atoms with Crippen molar-refractivity contribution in [3.8, 4) is 0 Å². The van der Waals surface area contributed by atoms with Crippen molar-refractivity contribution in [2.24, 2.45) is 0 Å². The molecule has 0 radical (unpaired) electrons. The third kappa shape index (κ3) is 2.42. The molecule has 13 heavy (non-hydrogen) atoms. The standard InChI is InChI=1S/C10H19NO2/c12-10(7-11-8-10)5-1-3-9-4-2-6-13-9/h9,11-12H,1-8H2. The van der Waals surface area contributed by atoms with Crippen LogP contribution in [0.3, 0.4) is 0 Å². The van der Waals surface area contributed by atoms with Crippen LogP contribution in [0, 0.1) is 0 Å². The molecule has 0 aliphatic carbocycles. The van der Waals surface area contributed by atoms with Gasteiger partial charge in [0.15, 0.2) is 0 Å². The SMILES string of the molecule is OC1(CCCC2CCCO2)CNC1. The van der Waals surface area contributed by atoms with Gasteiger partial charge < -0.3 is 15.2 Å². The highest BCUT2D eigenvalue weighted by molar-refractivity contribution is 4.92. The van der Waals surface area contributed by atoms with E-state index in [1.54, 1.807) is 0 Å². The number of hydrogen-bond acceptors (Lipinski definition) is 3. The Hall–Kier alpha value is -0.120. The Kier molecular flexibility index (Phi) is 2.86. The molecular weight excluding hydrogens is 166 g/mol. The highest BCUT2D eigenvalue weighted by Gasteiger charge is 2.33. The molecule has 0 amide bonds. The monoisotopic (exact) mass is 185 g/mol. The Morgan fingerprint density at radius 3 is 2.85 bits per heavy atom. The van der Waals surface area contributed by atoms with Gasteiger partial charge in [-0.15, -0.1) is 0 Å². The number of β-amino-alcohol motifs (C(OH)–C–C–N with tert-alkyl or cyclic N) is 1. The fourth-order valence-corrected chi connectivity index (χ4v) is 2.12. The quantitative estimate of drug-likeness (QED) is 0.676. The predicted octanol–water partition coefficient (Wildman–Crippen LogP) is 0.670. The van der Waals surface area contributed by atoms with Crippen molar-refractivity contribution < 1.29 is 9.84 Å².